The van der Waals surface area contributed by atoms with Crippen molar-refractivity contribution < 1.29 is 29.9 Å². The molecule has 2 saturated carbocycles. The lowest BCUT2D eigenvalue weighted by Crippen LogP contribution is -2.09. The second-order valence-electron chi connectivity index (χ2n) is 11.0. The molecule has 2 aromatic rings. The number of aliphatic hydroxyl groups is 4. The molecule has 1 unspecified atom stereocenters. The van der Waals surface area contributed by atoms with Crippen LogP contribution in [0.15, 0.2) is 54.6 Å². The highest BCUT2D eigenvalue weighted by Gasteiger charge is 2.14. The molecule has 40 heavy (non-hydrogen) atoms. The van der Waals surface area contributed by atoms with Gasteiger partial charge in [0, 0.05) is 19.8 Å². The first-order valence-corrected chi connectivity index (χ1v) is 15.5. The van der Waals surface area contributed by atoms with Crippen molar-refractivity contribution in [3.05, 3.63) is 65.7 Å². The van der Waals surface area contributed by atoms with Crippen molar-refractivity contribution in [2.45, 2.75) is 103 Å². The summed E-state index contributed by atoms with van der Waals surface area (Å²) in [6, 6.07) is 17.4. The molecule has 2 aromatic carbocycles. The number of ether oxygens (including phenoxy) is 2. The zero-order chi connectivity index (χ0) is 28.7. The molecule has 3 fully saturated rings. The highest BCUT2D eigenvalue weighted by Crippen LogP contribution is 2.27. The van der Waals surface area contributed by atoms with Crippen LogP contribution in [0.3, 0.4) is 0 Å². The van der Waals surface area contributed by atoms with Crippen molar-refractivity contribution in [2.75, 3.05) is 26.4 Å². The summed E-state index contributed by atoms with van der Waals surface area (Å²) in [5.74, 6) is 2.55. The van der Waals surface area contributed by atoms with E-state index >= 15 is 0 Å². The van der Waals surface area contributed by atoms with Crippen LogP contribution in [-0.4, -0.2) is 53.0 Å². The van der Waals surface area contributed by atoms with E-state index in [-0.39, 0.29) is 19.3 Å². The SMILES string of the molecule is OCC1CCCO1.OCCC1CCCC1.OCCC1CCCCC1.OCc1ccccc1COc1ccccc1. The minimum Gasteiger partial charge on any atom is -0.489 e. The Bertz CT molecular complexity index is 825. The number of aliphatic hydroxyl groups excluding tert-OH is 4. The Kier molecular flexibility index (Phi) is 19.4. The summed E-state index contributed by atoms with van der Waals surface area (Å²) in [4.78, 5) is 0. The molecular weight excluding hydrogens is 504 g/mol. The van der Waals surface area contributed by atoms with Gasteiger partial charge in [-0.05, 0) is 60.8 Å². The van der Waals surface area contributed by atoms with Gasteiger partial charge in [-0.2, -0.15) is 0 Å². The maximum atomic E-state index is 9.16. The van der Waals surface area contributed by atoms with Gasteiger partial charge < -0.3 is 29.9 Å². The van der Waals surface area contributed by atoms with Crippen molar-refractivity contribution in [1.29, 1.82) is 0 Å². The largest absolute Gasteiger partial charge is 0.489 e. The fraction of sp³-hybridized carbons (Fsp3) is 0.647. The zero-order valence-corrected chi connectivity index (χ0v) is 24.5. The fourth-order valence-electron chi connectivity index (χ4n) is 5.46. The van der Waals surface area contributed by atoms with Crippen LogP contribution in [0.2, 0.25) is 0 Å². The summed E-state index contributed by atoms with van der Waals surface area (Å²) in [5.41, 5.74) is 1.94. The van der Waals surface area contributed by atoms with Gasteiger partial charge in [0.1, 0.15) is 12.4 Å². The van der Waals surface area contributed by atoms with E-state index in [0.717, 1.165) is 61.0 Å². The summed E-state index contributed by atoms with van der Waals surface area (Å²) in [6.07, 6.45) is 16.8. The first-order valence-electron chi connectivity index (χ1n) is 15.5. The zero-order valence-electron chi connectivity index (χ0n) is 24.5. The minimum atomic E-state index is 0.0499. The highest BCUT2D eigenvalue weighted by molar-refractivity contribution is 5.27. The molecule has 1 saturated heterocycles. The Labute approximate surface area is 242 Å². The Balaban J connectivity index is 0.000000200. The third-order valence-electron chi connectivity index (χ3n) is 7.93. The third kappa shape index (κ3) is 15.2. The predicted octanol–water partition coefficient (Wildman–Crippen LogP) is 6.42. The van der Waals surface area contributed by atoms with Gasteiger partial charge >= 0.3 is 0 Å². The Morgan fingerprint density at radius 2 is 1.18 bits per heavy atom. The first kappa shape index (κ1) is 34.2. The maximum Gasteiger partial charge on any atom is 0.119 e. The van der Waals surface area contributed by atoms with E-state index < -0.39 is 0 Å². The molecule has 3 aliphatic rings. The molecule has 0 spiro atoms. The molecule has 0 aromatic heterocycles. The second-order valence-corrected chi connectivity index (χ2v) is 11.0. The molecule has 2 aliphatic carbocycles. The lowest BCUT2D eigenvalue weighted by atomic mass is 9.87. The number of hydrogen-bond acceptors (Lipinski definition) is 6. The summed E-state index contributed by atoms with van der Waals surface area (Å²) in [6.45, 7) is 2.36. The lowest BCUT2D eigenvalue weighted by Gasteiger charge is -2.19. The smallest absolute Gasteiger partial charge is 0.119 e. The monoisotopic (exact) mass is 558 g/mol. The molecule has 4 N–H and O–H groups in total. The Hall–Kier alpha value is -1.96. The van der Waals surface area contributed by atoms with E-state index in [0.29, 0.717) is 19.8 Å². The number of hydrogen-bond donors (Lipinski definition) is 4. The number of rotatable bonds is 9. The summed E-state index contributed by atoms with van der Waals surface area (Å²) in [7, 11) is 0. The first-order chi connectivity index (χ1) is 19.7. The quantitative estimate of drug-likeness (QED) is 0.283. The summed E-state index contributed by atoms with van der Waals surface area (Å²) >= 11 is 0. The van der Waals surface area contributed by atoms with Crippen molar-refractivity contribution in [2.24, 2.45) is 11.8 Å². The van der Waals surface area contributed by atoms with Crippen LogP contribution in [-0.2, 0) is 18.0 Å². The molecule has 1 heterocycles. The van der Waals surface area contributed by atoms with Crippen LogP contribution >= 0.6 is 0 Å². The topological polar surface area (TPSA) is 99.4 Å². The number of para-hydroxylation sites is 1. The Morgan fingerprint density at radius 3 is 1.65 bits per heavy atom. The van der Waals surface area contributed by atoms with Gasteiger partial charge in [0.05, 0.1) is 19.3 Å². The molecule has 0 bridgehead atoms. The van der Waals surface area contributed by atoms with Crippen LogP contribution in [0.1, 0.15) is 94.6 Å². The van der Waals surface area contributed by atoms with Crippen molar-refractivity contribution in [3.8, 4) is 5.75 Å². The Morgan fingerprint density at radius 1 is 0.625 bits per heavy atom. The molecule has 6 heteroatoms. The molecule has 6 nitrogen and oxygen atoms in total. The van der Waals surface area contributed by atoms with Crippen LogP contribution < -0.4 is 4.74 Å². The average molecular weight is 559 g/mol. The molecule has 5 rings (SSSR count). The van der Waals surface area contributed by atoms with E-state index in [2.05, 4.69) is 0 Å². The van der Waals surface area contributed by atoms with Crippen molar-refractivity contribution in [3.63, 3.8) is 0 Å². The molecule has 226 valence electrons. The minimum absolute atomic E-state index is 0.0499. The van der Waals surface area contributed by atoms with Crippen LogP contribution in [0.25, 0.3) is 0 Å². The predicted molar refractivity (Wildman–Crippen MR) is 161 cm³/mol. The van der Waals surface area contributed by atoms with Crippen LogP contribution in [0, 0.1) is 11.8 Å². The lowest BCUT2D eigenvalue weighted by molar-refractivity contribution is 0.0591. The maximum absolute atomic E-state index is 9.16. The average Bonchev–Trinajstić information content (AvgIpc) is 3.74. The van der Waals surface area contributed by atoms with Gasteiger partial charge in [0.15, 0.2) is 0 Å². The molecule has 0 radical (unpaired) electrons. The fourth-order valence-corrected chi connectivity index (χ4v) is 5.46. The van der Waals surface area contributed by atoms with Gasteiger partial charge in [0.2, 0.25) is 0 Å². The highest BCUT2D eigenvalue weighted by atomic mass is 16.5. The van der Waals surface area contributed by atoms with Gasteiger partial charge in [-0.25, -0.2) is 0 Å². The summed E-state index contributed by atoms with van der Waals surface area (Å²) < 4.78 is 10.7. The van der Waals surface area contributed by atoms with E-state index in [4.69, 9.17) is 29.9 Å². The van der Waals surface area contributed by atoms with E-state index in [1.54, 1.807) is 0 Å². The van der Waals surface area contributed by atoms with Crippen LogP contribution in [0.5, 0.6) is 5.75 Å². The van der Waals surface area contributed by atoms with Crippen molar-refractivity contribution in [1.82, 2.24) is 0 Å². The molecule has 1 aliphatic heterocycles. The van der Waals surface area contributed by atoms with Crippen molar-refractivity contribution >= 4 is 0 Å². The summed E-state index contributed by atoms with van der Waals surface area (Å²) in [5, 5.41) is 34.7. The molecule has 0 amide bonds. The third-order valence-corrected chi connectivity index (χ3v) is 7.93. The van der Waals surface area contributed by atoms with Gasteiger partial charge in [-0.3, -0.25) is 0 Å². The second kappa shape index (κ2) is 22.7. The normalized spacial score (nSPS) is 18.9. The van der Waals surface area contributed by atoms with E-state index in [1.165, 1.54) is 57.8 Å². The van der Waals surface area contributed by atoms with Gasteiger partial charge in [0.25, 0.3) is 0 Å². The number of benzene rings is 2. The van der Waals surface area contributed by atoms with Gasteiger partial charge in [-0.1, -0.05) is 100 Å². The van der Waals surface area contributed by atoms with Gasteiger partial charge in [-0.15, -0.1) is 0 Å². The molecular formula is C34H54O6. The van der Waals surface area contributed by atoms with E-state index in [9.17, 15) is 0 Å². The standard InChI is InChI=1S/C14H14O2.C8H16O.C7H14O.C5H10O2/c15-10-12-6-4-5-7-13(12)11-16-14-8-2-1-3-9-14;9-7-6-8-4-2-1-3-5-8;8-6-5-7-3-1-2-4-7;6-4-5-2-1-3-7-5/h1-9,15H,10-11H2;8-9H,1-7H2;7-8H,1-6H2;5-6H,1-4H2. The molecule has 1 atom stereocenters. The van der Waals surface area contributed by atoms with E-state index in [1.807, 2.05) is 54.6 Å². The van der Waals surface area contributed by atoms with Crippen LogP contribution in [0.4, 0.5) is 0 Å².